The van der Waals surface area contributed by atoms with Crippen molar-refractivity contribution in [2.45, 2.75) is 26.2 Å². The standard InChI is InChI=1S/C19H21BrN2O3/c1-19(2,3)13-8-10-14(11-9-13)25-12-17(23)21-22-18(24)15-6-4-5-7-16(15)20/h4-11H,12H2,1-3H3,(H,21,23)(H,22,24). The summed E-state index contributed by atoms with van der Waals surface area (Å²) in [5, 5.41) is 0. The van der Waals surface area contributed by atoms with Crippen molar-refractivity contribution < 1.29 is 14.3 Å². The summed E-state index contributed by atoms with van der Waals surface area (Å²) in [7, 11) is 0. The fourth-order valence-corrected chi connectivity index (χ4v) is 2.54. The van der Waals surface area contributed by atoms with E-state index in [1.807, 2.05) is 24.3 Å². The molecule has 6 heteroatoms. The van der Waals surface area contributed by atoms with Gasteiger partial charge in [0.15, 0.2) is 6.61 Å². The normalized spacial score (nSPS) is 10.9. The van der Waals surface area contributed by atoms with Crippen molar-refractivity contribution >= 4 is 27.7 Å². The summed E-state index contributed by atoms with van der Waals surface area (Å²) in [5.41, 5.74) is 6.36. The Balaban J connectivity index is 1.81. The maximum Gasteiger partial charge on any atom is 0.276 e. The van der Waals surface area contributed by atoms with E-state index in [1.165, 1.54) is 5.56 Å². The first-order chi connectivity index (χ1) is 11.8. The van der Waals surface area contributed by atoms with E-state index in [0.717, 1.165) is 0 Å². The first kappa shape index (κ1) is 19.0. The highest BCUT2D eigenvalue weighted by Gasteiger charge is 2.13. The Morgan fingerprint density at radius 3 is 2.24 bits per heavy atom. The van der Waals surface area contributed by atoms with E-state index in [4.69, 9.17) is 4.74 Å². The summed E-state index contributed by atoms with van der Waals surface area (Å²) in [5.74, 6) is -0.254. The molecule has 0 spiro atoms. The molecule has 0 heterocycles. The smallest absolute Gasteiger partial charge is 0.276 e. The summed E-state index contributed by atoms with van der Waals surface area (Å²) in [4.78, 5) is 23.8. The molecule has 25 heavy (non-hydrogen) atoms. The third kappa shape index (κ3) is 5.60. The maximum atomic E-state index is 12.0. The molecule has 0 aliphatic rings. The number of hydrogen-bond acceptors (Lipinski definition) is 3. The molecule has 0 bridgehead atoms. The molecule has 2 aromatic rings. The molecule has 2 aromatic carbocycles. The first-order valence-electron chi connectivity index (χ1n) is 7.84. The van der Waals surface area contributed by atoms with Gasteiger partial charge in [0.1, 0.15) is 5.75 Å². The van der Waals surface area contributed by atoms with Crippen molar-refractivity contribution in [3.8, 4) is 5.75 Å². The minimum atomic E-state index is -0.444. The largest absolute Gasteiger partial charge is 0.484 e. The third-order valence-corrected chi connectivity index (χ3v) is 4.22. The van der Waals surface area contributed by atoms with Crippen LogP contribution in [0.5, 0.6) is 5.75 Å². The highest BCUT2D eigenvalue weighted by atomic mass is 79.9. The van der Waals surface area contributed by atoms with Crippen LogP contribution in [0.4, 0.5) is 0 Å². The molecular formula is C19H21BrN2O3. The van der Waals surface area contributed by atoms with Gasteiger partial charge in [-0.25, -0.2) is 0 Å². The highest BCUT2D eigenvalue weighted by Crippen LogP contribution is 2.24. The molecule has 2 N–H and O–H groups in total. The number of nitrogens with one attached hydrogen (secondary N) is 2. The monoisotopic (exact) mass is 404 g/mol. The number of hydrogen-bond donors (Lipinski definition) is 2. The minimum absolute atomic E-state index is 0.0614. The molecule has 0 atom stereocenters. The lowest BCUT2D eigenvalue weighted by atomic mass is 9.87. The quantitative estimate of drug-likeness (QED) is 0.765. The lowest BCUT2D eigenvalue weighted by Crippen LogP contribution is -2.43. The molecule has 0 aliphatic carbocycles. The van der Waals surface area contributed by atoms with Crippen LogP contribution in [0.2, 0.25) is 0 Å². The second kappa shape index (κ2) is 8.16. The molecule has 0 aliphatic heterocycles. The van der Waals surface area contributed by atoms with Gasteiger partial charge in [-0.2, -0.15) is 0 Å². The Bertz CT molecular complexity index is 752. The molecule has 0 aromatic heterocycles. The number of hydrazine groups is 1. The van der Waals surface area contributed by atoms with E-state index < -0.39 is 11.8 Å². The van der Waals surface area contributed by atoms with Crippen LogP contribution in [-0.4, -0.2) is 18.4 Å². The molecule has 2 amide bonds. The van der Waals surface area contributed by atoms with Gasteiger partial charge in [0, 0.05) is 4.47 Å². The summed E-state index contributed by atoms with van der Waals surface area (Å²) >= 11 is 3.29. The van der Waals surface area contributed by atoms with Crippen molar-refractivity contribution in [2.24, 2.45) is 0 Å². The number of rotatable bonds is 4. The number of amides is 2. The van der Waals surface area contributed by atoms with Crippen LogP contribution >= 0.6 is 15.9 Å². The third-order valence-electron chi connectivity index (χ3n) is 3.52. The number of benzene rings is 2. The molecule has 0 radical (unpaired) electrons. The molecule has 0 fully saturated rings. The van der Waals surface area contributed by atoms with Crippen LogP contribution < -0.4 is 15.6 Å². The second-order valence-corrected chi connectivity index (χ2v) is 7.40. The Kier molecular flexibility index (Phi) is 6.20. The Morgan fingerprint density at radius 1 is 1.00 bits per heavy atom. The van der Waals surface area contributed by atoms with Crippen molar-refractivity contribution in [1.82, 2.24) is 10.9 Å². The van der Waals surface area contributed by atoms with E-state index in [1.54, 1.807) is 24.3 Å². The molecule has 132 valence electrons. The summed E-state index contributed by atoms with van der Waals surface area (Å²) in [6.45, 7) is 6.20. The van der Waals surface area contributed by atoms with Crippen LogP contribution in [0.25, 0.3) is 0 Å². The average molecular weight is 405 g/mol. The van der Waals surface area contributed by atoms with Gasteiger partial charge in [-0.05, 0) is 51.2 Å². The van der Waals surface area contributed by atoms with Crippen LogP contribution in [0.15, 0.2) is 53.0 Å². The van der Waals surface area contributed by atoms with E-state index in [-0.39, 0.29) is 12.0 Å². The molecule has 0 saturated heterocycles. The van der Waals surface area contributed by atoms with E-state index in [9.17, 15) is 9.59 Å². The summed E-state index contributed by atoms with van der Waals surface area (Å²) < 4.78 is 6.07. The zero-order valence-corrected chi connectivity index (χ0v) is 16.0. The maximum absolute atomic E-state index is 12.0. The highest BCUT2D eigenvalue weighted by molar-refractivity contribution is 9.10. The van der Waals surface area contributed by atoms with Gasteiger partial charge in [0.25, 0.3) is 11.8 Å². The van der Waals surface area contributed by atoms with Gasteiger partial charge < -0.3 is 4.74 Å². The average Bonchev–Trinajstić information content (AvgIpc) is 2.58. The molecule has 5 nitrogen and oxygen atoms in total. The van der Waals surface area contributed by atoms with Crippen LogP contribution in [0.3, 0.4) is 0 Å². The van der Waals surface area contributed by atoms with Gasteiger partial charge in [-0.3, -0.25) is 20.4 Å². The Labute approximate surface area is 155 Å². The minimum Gasteiger partial charge on any atom is -0.484 e. The van der Waals surface area contributed by atoms with E-state index in [0.29, 0.717) is 15.8 Å². The zero-order valence-electron chi connectivity index (χ0n) is 14.4. The Morgan fingerprint density at radius 2 is 1.64 bits per heavy atom. The molecule has 2 rings (SSSR count). The lowest BCUT2D eigenvalue weighted by molar-refractivity contribution is -0.123. The number of ether oxygens (including phenoxy) is 1. The molecule has 0 unspecified atom stereocenters. The van der Waals surface area contributed by atoms with Gasteiger partial charge >= 0.3 is 0 Å². The van der Waals surface area contributed by atoms with Crippen molar-refractivity contribution in [2.75, 3.05) is 6.61 Å². The van der Waals surface area contributed by atoms with Gasteiger partial charge in [0.05, 0.1) is 5.56 Å². The van der Waals surface area contributed by atoms with Gasteiger partial charge in [-0.15, -0.1) is 0 Å². The van der Waals surface area contributed by atoms with E-state index >= 15 is 0 Å². The number of carbonyl (C=O) groups is 2. The number of halogens is 1. The van der Waals surface area contributed by atoms with Crippen LogP contribution in [0, 0.1) is 0 Å². The molecular weight excluding hydrogens is 384 g/mol. The van der Waals surface area contributed by atoms with Crippen molar-refractivity contribution in [1.29, 1.82) is 0 Å². The summed E-state index contributed by atoms with van der Waals surface area (Å²) in [6, 6.07) is 14.6. The number of carbonyl (C=O) groups excluding carboxylic acids is 2. The lowest BCUT2D eigenvalue weighted by Gasteiger charge is -2.19. The SMILES string of the molecule is CC(C)(C)c1ccc(OCC(=O)NNC(=O)c2ccccc2Br)cc1. The Hall–Kier alpha value is -2.34. The van der Waals surface area contributed by atoms with Gasteiger partial charge in [-0.1, -0.05) is 45.0 Å². The van der Waals surface area contributed by atoms with Crippen LogP contribution in [-0.2, 0) is 10.2 Å². The van der Waals surface area contributed by atoms with Crippen LogP contribution in [0.1, 0.15) is 36.7 Å². The zero-order chi connectivity index (χ0) is 18.4. The van der Waals surface area contributed by atoms with E-state index in [2.05, 4.69) is 47.6 Å². The van der Waals surface area contributed by atoms with Gasteiger partial charge in [0.2, 0.25) is 0 Å². The predicted molar refractivity (Wildman–Crippen MR) is 100 cm³/mol. The summed E-state index contributed by atoms with van der Waals surface area (Å²) in [6.07, 6.45) is 0. The predicted octanol–water partition coefficient (Wildman–Crippen LogP) is 3.59. The topological polar surface area (TPSA) is 67.4 Å². The first-order valence-corrected chi connectivity index (χ1v) is 8.64. The van der Waals surface area contributed by atoms with Crippen molar-refractivity contribution in [3.63, 3.8) is 0 Å². The molecule has 0 saturated carbocycles. The van der Waals surface area contributed by atoms with Crippen molar-refractivity contribution in [3.05, 3.63) is 64.1 Å². The fraction of sp³-hybridized carbons (Fsp3) is 0.263. The fourth-order valence-electron chi connectivity index (χ4n) is 2.08. The second-order valence-electron chi connectivity index (χ2n) is 6.55.